The molecule has 104 valence electrons. The Bertz CT molecular complexity index is 467. The van der Waals surface area contributed by atoms with Gasteiger partial charge in [-0.25, -0.2) is 4.79 Å². The van der Waals surface area contributed by atoms with E-state index < -0.39 is 11.0 Å². The zero-order valence-electron chi connectivity index (χ0n) is 10.3. The van der Waals surface area contributed by atoms with E-state index in [1.807, 2.05) is 0 Å². The molecule has 0 unspecified atom stereocenters. The van der Waals surface area contributed by atoms with Crippen molar-refractivity contribution in [2.24, 2.45) is 0 Å². The van der Waals surface area contributed by atoms with Crippen LogP contribution in [0, 0.1) is 10.1 Å². The fraction of sp³-hybridized carbons (Fsp3) is 0.364. The number of carbonyl (C=O) groups excluding carboxylic acids is 1. The zero-order chi connectivity index (χ0) is 14.3. The predicted octanol–water partition coefficient (Wildman–Crippen LogP) is 2.41. The molecule has 1 aromatic carbocycles. The lowest BCUT2D eigenvalue weighted by Crippen LogP contribution is -2.30. The number of hydrogen-bond donors (Lipinski definition) is 2. The van der Waals surface area contributed by atoms with E-state index in [4.69, 9.17) is 16.3 Å². The molecule has 0 atom stereocenters. The van der Waals surface area contributed by atoms with Crippen LogP contribution in [0.25, 0.3) is 0 Å². The van der Waals surface area contributed by atoms with Crippen molar-refractivity contribution >= 4 is 29.0 Å². The fourth-order valence-electron chi connectivity index (χ4n) is 1.33. The number of nitrogens with zero attached hydrogens (tertiary/aromatic N) is 1. The average molecular weight is 288 g/mol. The Labute approximate surface area is 115 Å². The van der Waals surface area contributed by atoms with Crippen molar-refractivity contribution in [1.82, 2.24) is 5.32 Å². The third kappa shape index (κ3) is 5.11. The van der Waals surface area contributed by atoms with Gasteiger partial charge in [0.05, 0.1) is 4.92 Å². The van der Waals surface area contributed by atoms with E-state index in [-0.39, 0.29) is 10.7 Å². The number of amides is 2. The molecule has 0 aliphatic heterocycles. The second-order valence-corrected chi connectivity index (χ2v) is 4.06. The van der Waals surface area contributed by atoms with Gasteiger partial charge in [-0.1, -0.05) is 11.6 Å². The molecule has 7 nitrogen and oxygen atoms in total. The van der Waals surface area contributed by atoms with Gasteiger partial charge in [0.25, 0.3) is 5.69 Å². The monoisotopic (exact) mass is 287 g/mol. The summed E-state index contributed by atoms with van der Waals surface area (Å²) < 4.78 is 4.84. The maximum atomic E-state index is 11.5. The van der Waals surface area contributed by atoms with Gasteiger partial charge in [0.15, 0.2) is 0 Å². The summed E-state index contributed by atoms with van der Waals surface area (Å²) in [7, 11) is 1.58. The SMILES string of the molecule is COCCCNC(=O)Nc1ccc([N+](=O)[O-])c(Cl)c1. The summed E-state index contributed by atoms with van der Waals surface area (Å²) in [5, 5.41) is 15.7. The Morgan fingerprint density at radius 1 is 1.53 bits per heavy atom. The van der Waals surface area contributed by atoms with E-state index in [0.717, 1.165) is 0 Å². The Balaban J connectivity index is 2.51. The number of nitro groups is 1. The van der Waals surface area contributed by atoms with E-state index in [1.165, 1.54) is 18.2 Å². The predicted molar refractivity (Wildman–Crippen MR) is 71.6 cm³/mol. The Hall–Kier alpha value is -1.86. The van der Waals surface area contributed by atoms with Gasteiger partial charge in [-0.2, -0.15) is 0 Å². The first-order valence-electron chi connectivity index (χ1n) is 5.52. The van der Waals surface area contributed by atoms with Gasteiger partial charge in [-0.3, -0.25) is 10.1 Å². The number of hydrogen-bond acceptors (Lipinski definition) is 4. The summed E-state index contributed by atoms with van der Waals surface area (Å²) in [5.74, 6) is 0. The van der Waals surface area contributed by atoms with Crippen LogP contribution in [0.15, 0.2) is 18.2 Å². The van der Waals surface area contributed by atoms with Crippen molar-refractivity contribution in [3.8, 4) is 0 Å². The number of carbonyl (C=O) groups is 1. The zero-order valence-corrected chi connectivity index (χ0v) is 11.1. The number of nitro benzene ring substituents is 1. The number of methoxy groups -OCH3 is 1. The van der Waals surface area contributed by atoms with Crippen molar-refractivity contribution < 1.29 is 14.5 Å². The average Bonchev–Trinajstić information content (AvgIpc) is 2.34. The van der Waals surface area contributed by atoms with Crippen molar-refractivity contribution in [2.75, 3.05) is 25.6 Å². The lowest BCUT2D eigenvalue weighted by atomic mass is 10.3. The number of nitrogens with one attached hydrogen (secondary N) is 2. The topological polar surface area (TPSA) is 93.5 Å². The van der Waals surface area contributed by atoms with Crippen LogP contribution < -0.4 is 10.6 Å². The number of rotatable bonds is 6. The third-order valence-corrected chi connectivity index (χ3v) is 2.52. The molecule has 0 fully saturated rings. The molecule has 0 bridgehead atoms. The van der Waals surface area contributed by atoms with Crippen LogP contribution in [0.2, 0.25) is 5.02 Å². The van der Waals surface area contributed by atoms with Crippen LogP contribution in [0.1, 0.15) is 6.42 Å². The van der Waals surface area contributed by atoms with Gasteiger partial charge in [0.1, 0.15) is 5.02 Å². The maximum Gasteiger partial charge on any atom is 0.319 e. The summed E-state index contributed by atoms with van der Waals surface area (Å²) in [5.41, 5.74) is 0.188. The van der Waals surface area contributed by atoms with E-state index in [0.29, 0.717) is 25.3 Å². The van der Waals surface area contributed by atoms with Crippen LogP contribution in [-0.2, 0) is 4.74 Å². The minimum Gasteiger partial charge on any atom is -0.385 e. The highest BCUT2D eigenvalue weighted by atomic mass is 35.5. The lowest BCUT2D eigenvalue weighted by molar-refractivity contribution is -0.384. The summed E-state index contributed by atoms with van der Waals surface area (Å²) in [6.07, 6.45) is 0.699. The lowest BCUT2D eigenvalue weighted by Gasteiger charge is -2.07. The molecule has 1 aromatic rings. The van der Waals surface area contributed by atoms with Crippen LogP contribution in [-0.4, -0.2) is 31.2 Å². The highest BCUT2D eigenvalue weighted by Crippen LogP contribution is 2.26. The van der Waals surface area contributed by atoms with E-state index in [2.05, 4.69) is 10.6 Å². The van der Waals surface area contributed by atoms with Crippen molar-refractivity contribution in [3.05, 3.63) is 33.3 Å². The maximum absolute atomic E-state index is 11.5. The summed E-state index contributed by atoms with van der Waals surface area (Å²) in [4.78, 5) is 21.4. The molecule has 0 aliphatic rings. The second kappa shape index (κ2) is 7.55. The molecule has 0 heterocycles. The normalized spacial score (nSPS) is 10.0. The third-order valence-electron chi connectivity index (χ3n) is 2.21. The molecule has 0 aromatic heterocycles. The molecule has 1 rings (SSSR count). The summed E-state index contributed by atoms with van der Waals surface area (Å²) >= 11 is 5.72. The fourth-order valence-corrected chi connectivity index (χ4v) is 1.58. The molecule has 0 spiro atoms. The molecule has 19 heavy (non-hydrogen) atoms. The number of anilines is 1. The van der Waals surface area contributed by atoms with Gasteiger partial charge in [0, 0.05) is 32.0 Å². The number of ether oxygens (including phenoxy) is 1. The molecular formula is C11H14ClN3O4. The Morgan fingerprint density at radius 2 is 2.26 bits per heavy atom. The van der Waals surface area contributed by atoms with Crippen molar-refractivity contribution in [1.29, 1.82) is 0 Å². The van der Waals surface area contributed by atoms with E-state index in [1.54, 1.807) is 7.11 Å². The van der Waals surface area contributed by atoms with Crippen molar-refractivity contribution in [2.45, 2.75) is 6.42 Å². The summed E-state index contributed by atoms with van der Waals surface area (Å²) in [6, 6.07) is 3.58. The molecular weight excluding hydrogens is 274 g/mol. The van der Waals surface area contributed by atoms with Gasteiger partial charge < -0.3 is 15.4 Å². The first kappa shape index (κ1) is 15.2. The molecule has 0 saturated heterocycles. The smallest absolute Gasteiger partial charge is 0.319 e. The molecule has 0 saturated carbocycles. The molecule has 2 N–H and O–H groups in total. The minimum atomic E-state index is -0.586. The first-order valence-corrected chi connectivity index (χ1v) is 5.90. The van der Waals surface area contributed by atoms with Crippen LogP contribution >= 0.6 is 11.6 Å². The highest BCUT2D eigenvalue weighted by molar-refractivity contribution is 6.33. The molecule has 8 heteroatoms. The molecule has 0 radical (unpaired) electrons. The first-order chi connectivity index (χ1) is 9.04. The van der Waals surface area contributed by atoms with Crippen molar-refractivity contribution in [3.63, 3.8) is 0 Å². The molecule has 0 aliphatic carbocycles. The minimum absolute atomic E-state index is 0.0258. The number of urea groups is 1. The van der Waals surface area contributed by atoms with Crippen LogP contribution in [0.4, 0.5) is 16.2 Å². The Kier molecular flexibility index (Phi) is 6.04. The van der Waals surface area contributed by atoms with Gasteiger partial charge in [0.2, 0.25) is 0 Å². The Morgan fingerprint density at radius 3 is 2.84 bits per heavy atom. The van der Waals surface area contributed by atoms with Crippen LogP contribution in [0.5, 0.6) is 0 Å². The quantitative estimate of drug-likeness (QED) is 0.477. The van der Waals surface area contributed by atoms with Gasteiger partial charge in [-0.15, -0.1) is 0 Å². The van der Waals surface area contributed by atoms with Gasteiger partial charge >= 0.3 is 6.03 Å². The number of benzene rings is 1. The number of halogens is 1. The summed E-state index contributed by atoms with van der Waals surface area (Å²) in [6.45, 7) is 1.03. The largest absolute Gasteiger partial charge is 0.385 e. The second-order valence-electron chi connectivity index (χ2n) is 3.65. The van der Waals surface area contributed by atoms with E-state index in [9.17, 15) is 14.9 Å². The van der Waals surface area contributed by atoms with Crippen LogP contribution in [0.3, 0.4) is 0 Å². The van der Waals surface area contributed by atoms with Gasteiger partial charge in [-0.05, 0) is 18.6 Å². The highest BCUT2D eigenvalue weighted by Gasteiger charge is 2.12. The van der Waals surface area contributed by atoms with E-state index >= 15 is 0 Å². The standard InChI is InChI=1S/C11H14ClN3O4/c1-19-6-2-5-13-11(16)14-8-3-4-10(15(17)18)9(12)7-8/h3-4,7H,2,5-6H2,1H3,(H2,13,14,16). The molecule has 2 amide bonds.